The highest BCUT2D eigenvalue weighted by Gasteiger charge is 2.41. The van der Waals surface area contributed by atoms with Gasteiger partial charge in [0.1, 0.15) is 0 Å². The van der Waals surface area contributed by atoms with Crippen LogP contribution in [0.15, 0.2) is 0 Å². The Labute approximate surface area is 74.8 Å². The molecule has 0 bridgehead atoms. The highest BCUT2D eigenvalue weighted by molar-refractivity contribution is 5.67. The van der Waals surface area contributed by atoms with Crippen LogP contribution >= 0.6 is 0 Å². The first-order valence-electron chi connectivity index (χ1n) is 4.01. The van der Waals surface area contributed by atoms with E-state index in [2.05, 4.69) is 5.32 Å². The van der Waals surface area contributed by atoms with Crippen molar-refractivity contribution >= 4 is 5.97 Å². The van der Waals surface area contributed by atoms with E-state index in [9.17, 15) is 15.0 Å². The minimum absolute atomic E-state index is 0.269. The third-order valence-electron chi connectivity index (χ3n) is 2.19. The molecule has 0 radical (unpaired) electrons. The number of nitrogens with one attached hydrogen (secondary N) is 1. The molecule has 6 heteroatoms. The van der Waals surface area contributed by atoms with Gasteiger partial charge in [-0.3, -0.25) is 4.79 Å². The van der Waals surface area contributed by atoms with Crippen molar-refractivity contribution in [2.45, 2.75) is 30.7 Å². The standard InChI is InChI=1S/C7H13NO5/c9-2-4-7(13)6(12)3(8-4)1-5(10)11/h3-4,6-9,12-13H,1-2H2,(H,10,11)/t3-,4+,6-,7+/m0/s1. The molecule has 0 aromatic carbocycles. The van der Waals surface area contributed by atoms with E-state index in [4.69, 9.17) is 10.2 Å². The normalized spacial score (nSPS) is 39.3. The third-order valence-corrected chi connectivity index (χ3v) is 2.19. The number of aliphatic hydroxyl groups excluding tert-OH is 3. The zero-order valence-electron chi connectivity index (χ0n) is 6.92. The first-order chi connectivity index (χ1) is 6.06. The Morgan fingerprint density at radius 3 is 2.15 bits per heavy atom. The Morgan fingerprint density at radius 1 is 1.23 bits per heavy atom. The maximum Gasteiger partial charge on any atom is 0.305 e. The van der Waals surface area contributed by atoms with Crippen molar-refractivity contribution < 1.29 is 25.2 Å². The predicted molar refractivity (Wildman–Crippen MR) is 42.1 cm³/mol. The van der Waals surface area contributed by atoms with E-state index in [1.165, 1.54) is 0 Å². The van der Waals surface area contributed by atoms with Crippen LogP contribution in [0.25, 0.3) is 0 Å². The largest absolute Gasteiger partial charge is 0.481 e. The molecular weight excluding hydrogens is 178 g/mol. The molecule has 5 N–H and O–H groups in total. The molecule has 0 aromatic rings. The van der Waals surface area contributed by atoms with Crippen molar-refractivity contribution in [3.63, 3.8) is 0 Å². The van der Waals surface area contributed by atoms with Crippen LogP contribution in [0.4, 0.5) is 0 Å². The number of rotatable bonds is 3. The van der Waals surface area contributed by atoms with E-state index in [0.717, 1.165) is 0 Å². The number of carboxylic acid groups (broad SMARTS) is 1. The van der Waals surface area contributed by atoms with Crippen LogP contribution < -0.4 is 5.32 Å². The van der Waals surface area contributed by atoms with Crippen molar-refractivity contribution in [1.29, 1.82) is 0 Å². The molecule has 1 heterocycles. The lowest BCUT2D eigenvalue weighted by Crippen LogP contribution is -2.36. The summed E-state index contributed by atoms with van der Waals surface area (Å²) in [6.07, 6.45) is -2.50. The van der Waals surface area contributed by atoms with Crippen LogP contribution in [-0.2, 0) is 4.79 Å². The summed E-state index contributed by atoms with van der Waals surface area (Å²) in [6, 6.07) is -1.33. The van der Waals surface area contributed by atoms with Gasteiger partial charge in [0.2, 0.25) is 0 Å². The molecule has 1 saturated heterocycles. The van der Waals surface area contributed by atoms with Gasteiger partial charge in [-0.1, -0.05) is 0 Å². The third kappa shape index (κ3) is 2.16. The molecule has 0 amide bonds. The second kappa shape index (κ2) is 4.01. The Hall–Kier alpha value is -0.690. The molecule has 76 valence electrons. The fraction of sp³-hybridized carbons (Fsp3) is 0.857. The van der Waals surface area contributed by atoms with Crippen LogP contribution in [0, 0.1) is 0 Å². The number of aliphatic carboxylic acids is 1. The lowest BCUT2D eigenvalue weighted by molar-refractivity contribution is -0.138. The van der Waals surface area contributed by atoms with Crippen molar-refractivity contribution in [2.75, 3.05) is 6.61 Å². The summed E-state index contributed by atoms with van der Waals surface area (Å²) < 4.78 is 0. The van der Waals surface area contributed by atoms with Gasteiger partial charge in [0.15, 0.2) is 0 Å². The van der Waals surface area contributed by atoms with Gasteiger partial charge in [-0.25, -0.2) is 0 Å². The monoisotopic (exact) mass is 191 g/mol. The first kappa shape index (κ1) is 10.4. The first-order valence-corrected chi connectivity index (χ1v) is 4.01. The van der Waals surface area contributed by atoms with Gasteiger partial charge in [0.25, 0.3) is 0 Å². The van der Waals surface area contributed by atoms with Gasteiger partial charge in [0.05, 0.1) is 31.3 Å². The Bertz CT molecular complexity index is 197. The van der Waals surface area contributed by atoms with Crippen LogP contribution in [0.5, 0.6) is 0 Å². The molecule has 0 saturated carbocycles. The summed E-state index contributed by atoms with van der Waals surface area (Å²) in [4.78, 5) is 10.3. The number of hydrogen-bond donors (Lipinski definition) is 5. The molecule has 4 atom stereocenters. The average Bonchev–Trinajstić information content (AvgIpc) is 2.32. The summed E-state index contributed by atoms with van der Waals surface area (Å²) in [5.41, 5.74) is 0. The molecule has 13 heavy (non-hydrogen) atoms. The molecule has 6 nitrogen and oxygen atoms in total. The van der Waals surface area contributed by atoms with E-state index >= 15 is 0 Å². The molecule has 0 spiro atoms. The number of aliphatic hydroxyl groups is 3. The Kier molecular flexibility index (Phi) is 3.21. The molecule has 1 aliphatic rings. The molecule has 0 aliphatic carbocycles. The number of carbonyl (C=O) groups is 1. The lowest BCUT2D eigenvalue weighted by Gasteiger charge is -2.13. The van der Waals surface area contributed by atoms with Gasteiger partial charge >= 0.3 is 5.97 Å². The fourth-order valence-corrected chi connectivity index (χ4v) is 1.48. The fourth-order valence-electron chi connectivity index (χ4n) is 1.48. The minimum atomic E-state index is -1.13. The smallest absolute Gasteiger partial charge is 0.305 e. The average molecular weight is 191 g/mol. The molecule has 0 unspecified atom stereocenters. The minimum Gasteiger partial charge on any atom is -0.481 e. The maximum atomic E-state index is 10.3. The predicted octanol–water partition coefficient (Wildman–Crippen LogP) is -2.48. The highest BCUT2D eigenvalue weighted by atomic mass is 16.4. The molecule has 1 fully saturated rings. The molecular formula is C7H13NO5. The van der Waals surface area contributed by atoms with Crippen LogP contribution in [0.1, 0.15) is 6.42 Å². The summed E-state index contributed by atoms with van der Waals surface area (Å²) in [7, 11) is 0. The second-order valence-electron chi connectivity index (χ2n) is 3.14. The van der Waals surface area contributed by atoms with Crippen molar-refractivity contribution in [2.24, 2.45) is 0 Å². The lowest BCUT2D eigenvalue weighted by atomic mass is 10.1. The second-order valence-corrected chi connectivity index (χ2v) is 3.14. The summed E-state index contributed by atoms with van der Waals surface area (Å²) >= 11 is 0. The van der Waals surface area contributed by atoms with Gasteiger partial charge < -0.3 is 25.7 Å². The van der Waals surface area contributed by atoms with E-state index in [1.54, 1.807) is 0 Å². The van der Waals surface area contributed by atoms with E-state index in [0.29, 0.717) is 0 Å². The summed E-state index contributed by atoms with van der Waals surface area (Å²) in [5.74, 6) is -1.05. The zero-order valence-corrected chi connectivity index (χ0v) is 6.92. The number of carboxylic acids is 1. The highest BCUT2D eigenvalue weighted by Crippen LogP contribution is 2.16. The number of hydrogen-bond acceptors (Lipinski definition) is 5. The molecule has 0 aromatic heterocycles. The Morgan fingerprint density at radius 2 is 1.77 bits per heavy atom. The maximum absolute atomic E-state index is 10.3. The van der Waals surface area contributed by atoms with E-state index in [-0.39, 0.29) is 13.0 Å². The quantitative estimate of drug-likeness (QED) is 0.338. The summed E-state index contributed by atoms with van der Waals surface area (Å²) in [6.45, 7) is -0.325. The topological polar surface area (TPSA) is 110 Å². The SMILES string of the molecule is O=C(O)C[C@@H]1N[C@H](CO)[C@@H](O)[C@H]1O. The van der Waals surface area contributed by atoms with Crippen molar-refractivity contribution in [3.05, 3.63) is 0 Å². The summed E-state index contributed by atoms with van der Waals surface area (Å²) in [5, 5.41) is 38.4. The Balaban J connectivity index is 2.55. The molecule has 1 rings (SSSR count). The van der Waals surface area contributed by atoms with Crippen LogP contribution in [0.3, 0.4) is 0 Å². The van der Waals surface area contributed by atoms with E-state index in [1.807, 2.05) is 0 Å². The van der Waals surface area contributed by atoms with Gasteiger partial charge in [-0.05, 0) is 0 Å². The molecule has 1 aliphatic heterocycles. The van der Waals surface area contributed by atoms with Gasteiger partial charge in [-0.2, -0.15) is 0 Å². The van der Waals surface area contributed by atoms with Crippen molar-refractivity contribution in [1.82, 2.24) is 5.32 Å². The van der Waals surface area contributed by atoms with Gasteiger partial charge in [0, 0.05) is 6.04 Å². The van der Waals surface area contributed by atoms with Crippen molar-refractivity contribution in [3.8, 4) is 0 Å². The van der Waals surface area contributed by atoms with E-state index < -0.39 is 30.3 Å². The van der Waals surface area contributed by atoms with Crippen LogP contribution in [0.2, 0.25) is 0 Å². The van der Waals surface area contributed by atoms with Gasteiger partial charge in [-0.15, -0.1) is 0 Å². The zero-order chi connectivity index (χ0) is 10.0. The van der Waals surface area contributed by atoms with Crippen LogP contribution in [-0.4, -0.2) is 57.3 Å².